The van der Waals surface area contributed by atoms with Crippen molar-refractivity contribution in [3.05, 3.63) is 47.2 Å². The number of methoxy groups -OCH3 is 1. The second-order valence-corrected chi connectivity index (χ2v) is 4.92. The number of esters is 1. The monoisotopic (exact) mass is 343 g/mol. The number of carbonyl (C=O) groups is 2. The average molecular weight is 343 g/mol. The maximum absolute atomic E-state index is 12.0. The zero-order chi connectivity index (χ0) is 15.9. The SMILES string of the molecule is COC(=O)C1=C([O-])CCN(C(=O)OCc2ccccc2)CC1.[K+]. The van der Waals surface area contributed by atoms with Gasteiger partial charge in [-0.1, -0.05) is 30.3 Å². The van der Waals surface area contributed by atoms with Crippen LogP contribution in [0.4, 0.5) is 4.79 Å². The van der Waals surface area contributed by atoms with Gasteiger partial charge in [-0.05, 0) is 18.4 Å². The zero-order valence-electron chi connectivity index (χ0n) is 13.4. The van der Waals surface area contributed by atoms with Gasteiger partial charge in [-0.2, -0.15) is 0 Å². The third-order valence-corrected chi connectivity index (χ3v) is 3.47. The molecule has 0 spiro atoms. The van der Waals surface area contributed by atoms with Crippen molar-refractivity contribution in [2.45, 2.75) is 19.4 Å². The van der Waals surface area contributed by atoms with Gasteiger partial charge in [-0.3, -0.25) is 0 Å². The Morgan fingerprint density at radius 2 is 1.83 bits per heavy atom. The topological polar surface area (TPSA) is 78.9 Å². The van der Waals surface area contributed by atoms with Gasteiger partial charge in [0, 0.05) is 18.7 Å². The molecule has 1 heterocycles. The van der Waals surface area contributed by atoms with Gasteiger partial charge in [-0.15, -0.1) is 5.76 Å². The summed E-state index contributed by atoms with van der Waals surface area (Å²) in [5.41, 5.74) is 1.00. The van der Waals surface area contributed by atoms with Gasteiger partial charge in [0.2, 0.25) is 0 Å². The Hall–Kier alpha value is -0.864. The van der Waals surface area contributed by atoms with E-state index in [-0.39, 0.29) is 95.3 Å². The largest absolute Gasteiger partial charge is 1.00 e. The number of nitrogens with zero attached hydrogens (tertiary/aromatic N) is 1. The summed E-state index contributed by atoms with van der Waals surface area (Å²) in [5.74, 6) is -0.894. The maximum Gasteiger partial charge on any atom is 1.00 e. The molecule has 1 amide bonds. The minimum atomic E-state index is -0.621. The van der Waals surface area contributed by atoms with Crippen molar-refractivity contribution >= 4 is 12.1 Å². The van der Waals surface area contributed by atoms with Gasteiger partial charge in [-0.25, -0.2) is 9.59 Å². The predicted molar refractivity (Wildman–Crippen MR) is 76.5 cm³/mol. The van der Waals surface area contributed by atoms with E-state index in [0.717, 1.165) is 5.56 Å². The minimum absolute atomic E-state index is 0. The van der Waals surface area contributed by atoms with Crippen LogP contribution in [0.25, 0.3) is 0 Å². The fraction of sp³-hybridized carbons (Fsp3) is 0.375. The smallest absolute Gasteiger partial charge is 0.875 e. The molecule has 6 nitrogen and oxygen atoms in total. The molecule has 1 aromatic carbocycles. The van der Waals surface area contributed by atoms with E-state index in [1.807, 2.05) is 30.3 Å². The molecule has 0 radical (unpaired) electrons. The fourth-order valence-corrected chi connectivity index (χ4v) is 2.22. The molecule has 0 saturated heterocycles. The molecule has 0 atom stereocenters. The van der Waals surface area contributed by atoms with Crippen molar-refractivity contribution in [1.82, 2.24) is 4.90 Å². The normalized spacial score (nSPS) is 14.6. The van der Waals surface area contributed by atoms with Crippen LogP contribution in [0.2, 0.25) is 0 Å². The third kappa shape index (κ3) is 5.93. The molecule has 23 heavy (non-hydrogen) atoms. The molecule has 0 aromatic heterocycles. The Balaban J connectivity index is 0.00000264. The van der Waals surface area contributed by atoms with Crippen LogP contribution in [0.15, 0.2) is 41.7 Å². The molecule has 1 aliphatic heterocycles. The minimum Gasteiger partial charge on any atom is -0.875 e. The number of benzene rings is 1. The Kier molecular flexibility index (Phi) is 8.86. The Morgan fingerprint density at radius 3 is 2.48 bits per heavy atom. The van der Waals surface area contributed by atoms with Crippen LogP contribution < -0.4 is 56.5 Å². The molecular formula is C16H18KNO5. The molecule has 7 heteroatoms. The molecule has 118 valence electrons. The summed E-state index contributed by atoms with van der Waals surface area (Å²) < 4.78 is 9.82. The molecule has 0 aliphatic carbocycles. The van der Waals surface area contributed by atoms with Crippen molar-refractivity contribution < 1.29 is 75.6 Å². The zero-order valence-corrected chi connectivity index (χ0v) is 16.5. The molecule has 1 aliphatic rings. The molecule has 0 unspecified atom stereocenters. The van der Waals surface area contributed by atoms with Crippen molar-refractivity contribution in [3.63, 3.8) is 0 Å². The van der Waals surface area contributed by atoms with E-state index in [1.165, 1.54) is 12.0 Å². The van der Waals surface area contributed by atoms with Crippen LogP contribution in [-0.2, 0) is 20.9 Å². The Labute approximate surface area is 177 Å². The van der Waals surface area contributed by atoms with Crippen LogP contribution in [0.1, 0.15) is 18.4 Å². The summed E-state index contributed by atoms with van der Waals surface area (Å²) in [5, 5.41) is 11.8. The second-order valence-electron chi connectivity index (χ2n) is 4.92. The van der Waals surface area contributed by atoms with E-state index in [4.69, 9.17) is 4.74 Å². The molecule has 0 fully saturated rings. The van der Waals surface area contributed by atoms with E-state index >= 15 is 0 Å². The first kappa shape index (κ1) is 20.2. The van der Waals surface area contributed by atoms with Crippen molar-refractivity contribution in [3.8, 4) is 0 Å². The first-order chi connectivity index (χ1) is 10.6. The Bertz CT molecular complexity index is 573. The van der Waals surface area contributed by atoms with Gasteiger partial charge in [0.15, 0.2) is 0 Å². The predicted octanol–water partition coefficient (Wildman–Crippen LogP) is -1.79. The number of hydrogen-bond acceptors (Lipinski definition) is 5. The summed E-state index contributed by atoms with van der Waals surface area (Å²) in [7, 11) is 1.24. The molecule has 0 bridgehead atoms. The summed E-state index contributed by atoms with van der Waals surface area (Å²) in [4.78, 5) is 25.0. The van der Waals surface area contributed by atoms with E-state index < -0.39 is 12.1 Å². The van der Waals surface area contributed by atoms with Gasteiger partial charge >= 0.3 is 63.4 Å². The van der Waals surface area contributed by atoms with Crippen molar-refractivity contribution in [1.29, 1.82) is 0 Å². The Morgan fingerprint density at radius 1 is 1.17 bits per heavy atom. The van der Waals surface area contributed by atoms with E-state index in [9.17, 15) is 14.7 Å². The first-order valence-electron chi connectivity index (χ1n) is 7.04. The first-order valence-corrected chi connectivity index (χ1v) is 7.04. The quantitative estimate of drug-likeness (QED) is 0.478. The van der Waals surface area contributed by atoms with Crippen LogP contribution >= 0.6 is 0 Å². The summed E-state index contributed by atoms with van der Waals surface area (Å²) in [6, 6.07) is 9.34. The van der Waals surface area contributed by atoms with Crippen molar-refractivity contribution in [2.24, 2.45) is 0 Å². The summed E-state index contributed by atoms with van der Waals surface area (Å²) in [6.45, 7) is 0.689. The number of carbonyl (C=O) groups excluding carboxylic acids is 2. The molecule has 0 saturated carbocycles. The maximum atomic E-state index is 12.0. The number of ether oxygens (including phenoxy) is 2. The second kappa shape index (κ2) is 10.1. The standard InChI is InChI=1S/C16H19NO5.K/c1-21-15(19)13-7-9-17(10-8-14(13)18)16(20)22-11-12-5-3-2-4-6-12;/h2-6,18H,7-11H2,1H3;/q;+1/p-1. The van der Waals surface area contributed by atoms with Crippen molar-refractivity contribution in [2.75, 3.05) is 20.2 Å². The number of amides is 1. The van der Waals surface area contributed by atoms with Gasteiger partial charge in [0.1, 0.15) is 6.61 Å². The van der Waals surface area contributed by atoms with E-state index in [1.54, 1.807) is 0 Å². The van der Waals surface area contributed by atoms with Gasteiger partial charge in [0.25, 0.3) is 0 Å². The fourth-order valence-electron chi connectivity index (χ4n) is 2.22. The van der Waals surface area contributed by atoms with Gasteiger partial charge in [0.05, 0.1) is 7.11 Å². The summed E-state index contributed by atoms with van der Waals surface area (Å²) >= 11 is 0. The van der Waals surface area contributed by atoms with E-state index in [2.05, 4.69) is 4.74 Å². The molecule has 2 rings (SSSR count). The third-order valence-electron chi connectivity index (χ3n) is 3.47. The van der Waals surface area contributed by atoms with Gasteiger partial charge < -0.3 is 19.5 Å². The number of rotatable bonds is 3. The number of hydrogen-bond donors (Lipinski definition) is 0. The van der Waals surface area contributed by atoms with Crippen LogP contribution in [0.3, 0.4) is 0 Å². The summed E-state index contributed by atoms with van der Waals surface area (Å²) in [6.07, 6.45) is -0.195. The molecular weight excluding hydrogens is 325 g/mol. The van der Waals surface area contributed by atoms with Crippen LogP contribution in [0.5, 0.6) is 0 Å². The average Bonchev–Trinajstić information content (AvgIpc) is 2.75. The van der Waals surface area contributed by atoms with E-state index in [0.29, 0.717) is 0 Å². The molecule has 1 aromatic rings. The molecule has 0 N–H and O–H groups in total. The van der Waals surface area contributed by atoms with Crippen LogP contribution in [0, 0.1) is 0 Å². The van der Waals surface area contributed by atoms with Crippen LogP contribution in [-0.4, -0.2) is 37.2 Å².